The second-order valence-corrected chi connectivity index (χ2v) is 3.63. The largest absolute Gasteiger partial charge is 0.497 e. The van der Waals surface area contributed by atoms with Crippen molar-refractivity contribution in [3.05, 3.63) is 54.1 Å². The fraction of sp³-hybridized carbons (Fsp3) is 0.231. The molecular weight excluding hydrogens is 214 g/mol. The standard InChI is InChI=1S/C13H15N3O/c1-14-13(12-9-15-7-8-16-12)10-3-5-11(17-2)6-4-10/h3-9,13-14H,1-2H3. The summed E-state index contributed by atoms with van der Waals surface area (Å²) in [5, 5.41) is 3.23. The third kappa shape index (κ3) is 2.60. The summed E-state index contributed by atoms with van der Waals surface area (Å²) in [5.41, 5.74) is 2.04. The molecule has 4 heteroatoms. The Morgan fingerprint density at radius 1 is 1.18 bits per heavy atom. The number of nitrogens with one attached hydrogen (secondary N) is 1. The van der Waals surface area contributed by atoms with Crippen molar-refractivity contribution in [3.8, 4) is 5.75 Å². The first-order valence-corrected chi connectivity index (χ1v) is 5.42. The zero-order valence-corrected chi connectivity index (χ0v) is 9.92. The number of nitrogens with zero attached hydrogens (tertiary/aromatic N) is 2. The smallest absolute Gasteiger partial charge is 0.118 e. The van der Waals surface area contributed by atoms with Gasteiger partial charge in [0.2, 0.25) is 0 Å². The molecule has 0 bridgehead atoms. The van der Waals surface area contributed by atoms with Crippen molar-refractivity contribution >= 4 is 0 Å². The Balaban J connectivity index is 2.29. The van der Waals surface area contributed by atoms with Crippen molar-refractivity contribution in [3.63, 3.8) is 0 Å². The molecule has 0 amide bonds. The van der Waals surface area contributed by atoms with Crippen LogP contribution < -0.4 is 10.1 Å². The zero-order chi connectivity index (χ0) is 12.1. The second-order valence-electron chi connectivity index (χ2n) is 3.63. The Morgan fingerprint density at radius 2 is 1.94 bits per heavy atom. The van der Waals surface area contributed by atoms with E-state index in [1.165, 1.54) is 0 Å². The van der Waals surface area contributed by atoms with Crippen molar-refractivity contribution in [2.24, 2.45) is 0 Å². The lowest BCUT2D eigenvalue weighted by molar-refractivity contribution is 0.414. The van der Waals surface area contributed by atoms with Crippen LogP contribution in [0.2, 0.25) is 0 Å². The average Bonchev–Trinajstić information content (AvgIpc) is 2.42. The molecule has 0 saturated carbocycles. The Hall–Kier alpha value is -1.94. The van der Waals surface area contributed by atoms with Gasteiger partial charge in [-0.1, -0.05) is 12.1 Å². The number of ether oxygens (including phenoxy) is 1. The molecule has 0 spiro atoms. The highest BCUT2D eigenvalue weighted by Gasteiger charge is 2.12. The Morgan fingerprint density at radius 3 is 2.47 bits per heavy atom. The lowest BCUT2D eigenvalue weighted by Crippen LogP contribution is -2.18. The third-order valence-electron chi connectivity index (χ3n) is 2.62. The Bertz CT molecular complexity index is 456. The van der Waals surface area contributed by atoms with E-state index in [2.05, 4.69) is 15.3 Å². The fourth-order valence-corrected chi connectivity index (χ4v) is 1.74. The first-order chi connectivity index (χ1) is 8.35. The summed E-state index contributed by atoms with van der Waals surface area (Å²) < 4.78 is 5.14. The number of hydrogen-bond acceptors (Lipinski definition) is 4. The molecule has 88 valence electrons. The molecule has 0 radical (unpaired) electrons. The van der Waals surface area contributed by atoms with Gasteiger partial charge in [-0.15, -0.1) is 0 Å². The molecule has 0 fully saturated rings. The summed E-state index contributed by atoms with van der Waals surface area (Å²) >= 11 is 0. The molecule has 1 unspecified atom stereocenters. The molecule has 0 aliphatic rings. The van der Waals surface area contributed by atoms with Gasteiger partial charge in [0.1, 0.15) is 5.75 Å². The molecule has 2 rings (SSSR count). The van der Waals surface area contributed by atoms with Crippen LogP contribution in [0.5, 0.6) is 5.75 Å². The molecule has 1 atom stereocenters. The number of rotatable bonds is 4. The van der Waals surface area contributed by atoms with E-state index in [-0.39, 0.29) is 6.04 Å². The van der Waals surface area contributed by atoms with Crippen LogP contribution >= 0.6 is 0 Å². The van der Waals surface area contributed by atoms with Crippen LogP contribution in [0.25, 0.3) is 0 Å². The minimum absolute atomic E-state index is 0.0506. The first-order valence-electron chi connectivity index (χ1n) is 5.42. The third-order valence-corrected chi connectivity index (χ3v) is 2.62. The maximum absolute atomic E-state index is 5.14. The van der Waals surface area contributed by atoms with E-state index >= 15 is 0 Å². The average molecular weight is 229 g/mol. The van der Waals surface area contributed by atoms with Gasteiger partial charge in [0, 0.05) is 12.4 Å². The monoisotopic (exact) mass is 229 g/mol. The maximum Gasteiger partial charge on any atom is 0.118 e. The normalized spacial score (nSPS) is 12.1. The lowest BCUT2D eigenvalue weighted by Gasteiger charge is -2.15. The molecule has 1 aromatic carbocycles. The predicted octanol–water partition coefficient (Wildman–Crippen LogP) is 1.79. The van der Waals surface area contributed by atoms with E-state index in [0.29, 0.717) is 0 Å². The number of benzene rings is 1. The van der Waals surface area contributed by atoms with Gasteiger partial charge in [-0.2, -0.15) is 0 Å². The number of aromatic nitrogens is 2. The van der Waals surface area contributed by atoms with Crippen LogP contribution in [0.15, 0.2) is 42.9 Å². The maximum atomic E-state index is 5.14. The van der Waals surface area contributed by atoms with Gasteiger partial charge in [0.05, 0.1) is 25.0 Å². The predicted molar refractivity (Wildman–Crippen MR) is 65.9 cm³/mol. The fourth-order valence-electron chi connectivity index (χ4n) is 1.74. The zero-order valence-electron chi connectivity index (χ0n) is 9.92. The second kappa shape index (κ2) is 5.41. The summed E-state index contributed by atoms with van der Waals surface area (Å²) in [5.74, 6) is 0.850. The van der Waals surface area contributed by atoms with Gasteiger partial charge in [-0.05, 0) is 24.7 Å². The van der Waals surface area contributed by atoms with Crippen molar-refractivity contribution in [2.75, 3.05) is 14.2 Å². The molecule has 1 N–H and O–H groups in total. The number of methoxy groups -OCH3 is 1. The topological polar surface area (TPSA) is 47.0 Å². The van der Waals surface area contributed by atoms with Gasteiger partial charge >= 0.3 is 0 Å². The van der Waals surface area contributed by atoms with Crippen molar-refractivity contribution in [2.45, 2.75) is 6.04 Å². The highest BCUT2D eigenvalue weighted by Crippen LogP contribution is 2.21. The van der Waals surface area contributed by atoms with E-state index in [4.69, 9.17) is 4.74 Å². The Labute approximate surface area is 101 Å². The van der Waals surface area contributed by atoms with E-state index in [1.807, 2.05) is 31.3 Å². The highest BCUT2D eigenvalue weighted by molar-refractivity contribution is 5.32. The van der Waals surface area contributed by atoms with Gasteiger partial charge < -0.3 is 10.1 Å². The van der Waals surface area contributed by atoms with Gasteiger partial charge in [-0.3, -0.25) is 9.97 Å². The van der Waals surface area contributed by atoms with E-state index in [0.717, 1.165) is 17.0 Å². The van der Waals surface area contributed by atoms with E-state index < -0.39 is 0 Å². The molecule has 0 aliphatic carbocycles. The molecule has 1 heterocycles. The van der Waals surface area contributed by atoms with Gasteiger partial charge in [0.15, 0.2) is 0 Å². The van der Waals surface area contributed by atoms with Gasteiger partial charge in [0.25, 0.3) is 0 Å². The molecule has 17 heavy (non-hydrogen) atoms. The summed E-state index contributed by atoms with van der Waals surface area (Å²) in [6.45, 7) is 0. The first kappa shape index (κ1) is 11.5. The van der Waals surface area contributed by atoms with Crippen molar-refractivity contribution in [1.29, 1.82) is 0 Å². The molecular formula is C13H15N3O. The van der Waals surface area contributed by atoms with Crippen LogP contribution in [0.4, 0.5) is 0 Å². The van der Waals surface area contributed by atoms with E-state index in [9.17, 15) is 0 Å². The Kier molecular flexibility index (Phi) is 3.67. The quantitative estimate of drug-likeness (QED) is 0.868. The van der Waals surface area contributed by atoms with Crippen LogP contribution in [0.3, 0.4) is 0 Å². The van der Waals surface area contributed by atoms with Crippen LogP contribution in [-0.2, 0) is 0 Å². The molecule has 1 aromatic heterocycles. The summed E-state index contributed by atoms with van der Waals surface area (Å²) in [6.07, 6.45) is 5.14. The van der Waals surface area contributed by atoms with Crippen LogP contribution in [-0.4, -0.2) is 24.1 Å². The summed E-state index contributed by atoms with van der Waals surface area (Å²) in [4.78, 5) is 8.40. The van der Waals surface area contributed by atoms with Crippen molar-refractivity contribution < 1.29 is 4.74 Å². The molecule has 2 aromatic rings. The van der Waals surface area contributed by atoms with Crippen LogP contribution in [0.1, 0.15) is 17.3 Å². The minimum Gasteiger partial charge on any atom is -0.497 e. The molecule has 0 saturated heterocycles. The molecule has 4 nitrogen and oxygen atoms in total. The SMILES string of the molecule is CNC(c1ccc(OC)cc1)c1cnccn1. The molecule has 0 aliphatic heterocycles. The van der Waals surface area contributed by atoms with E-state index in [1.54, 1.807) is 25.7 Å². The van der Waals surface area contributed by atoms with Crippen molar-refractivity contribution in [1.82, 2.24) is 15.3 Å². The summed E-state index contributed by atoms with van der Waals surface area (Å²) in [7, 11) is 3.57. The van der Waals surface area contributed by atoms with Gasteiger partial charge in [-0.25, -0.2) is 0 Å². The summed E-state index contributed by atoms with van der Waals surface area (Å²) in [6, 6.07) is 7.98. The lowest BCUT2D eigenvalue weighted by atomic mass is 10.0. The van der Waals surface area contributed by atoms with Crippen LogP contribution in [0, 0.1) is 0 Å². The highest BCUT2D eigenvalue weighted by atomic mass is 16.5. The minimum atomic E-state index is 0.0506. The number of hydrogen-bond donors (Lipinski definition) is 1.